The zero-order valence-electron chi connectivity index (χ0n) is 10.1. The maximum Gasteiger partial charge on any atom is 0.165 e. The summed E-state index contributed by atoms with van der Waals surface area (Å²) in [6.45, 7) is 2.29. The Morgan fingerprint density at radius 1 is 1.17 bits per heavy atom. The molecule has 0 heterocycles. The predicted octanol–water partition coefficient (Wildman–Crippen LogP) is 4.47. The van der Waals surface area contributed by atoms with Crippen molar-refractivity contribution in [3.63, 3.8) is 0 Å². The molecule has 3 heteroatoms. The van der Waals surface area contributed by atoms with Crippen LogP contribution in [-0.2, 0) is 6.42 Å². The summed E-state index contributed by atoms with van der Waals surface area (Å²) >= 11 is 6.08. The topological polar surface area (TPSA) is 9.23 Å². The lowest BCUT2D eigenvalue weighted by molar-refractivity contribution is 0.321. The van der Waals surface area contributed by atoms with Gasteiger partial charge in [-0.15, -0.1) is 0 Å². The van der Waals surface area contributed by atoms with E-state index < -0.39 is 0 Å². The molecule has 0 bridgehead atoms. The molecule has 0 aromatic heterocycles. The van der Waals surface area contributed by atoms with Crippen LogP contribution in [0.2, 0.25) is 5.02 Å². The molecular formula is C15H14ClFO. The summed E-state index contributed by atoms with van der Waals surface area (Å²) in [5.41, 5.74) is 1.87. The van der Waals surface area contributed by atoms with Crippen LogP contribution in [0, 0.1) is 5.82 Å². The molecule has 0 unspecified atom stereocenters. The van der Waals surface area contributed by atoms with Crippen molar-refractivity contribution in [2.24, 2.45) is 0 Å². The smallest absolute Gasteiger partial charge is 0.165 e. The highest BCUT2D eigenvalue weighted by atomic mass is 35.5. The number of benzene rings is 2. The molecule has 0 aliphatic heterocycles. The van der Waals surface area contributed by atoms with Crippen LogP contribution in [0.15, 0.2) is 42.5 Å². The van der Waals surface area contributed by atoms with Crippen LogP contribution in [0.25, 0.3) is 0 Å². The summed E-state index contributed by atoms with van der Waals surface area (Å²) in [5.74, 6) is -0.0400. The normalized spacial score (nSPS) is 10.4. The second-order valence-electron chi connectivity index (χ2n) is 3.97. The van der Waals surface area contributed by atoms with Crippen LogP contribution < -0.4 is 4.74 Å². The molecule has 0 atom stereocenters. The zero-order chi connectivity index (χ0) is 13.0. The molecule has 2 aromatic carbocycles. The van der Waals surface area contributed by atoms with Crippen molar-refractivity contribution in [1.29, 1.82) is 0 Å². The van der Waals surface area contributed by atoms with Crippen molar-refractivity contribution in [2.45, 2.75) is 13.3 Å². The summed E-state index contributed by atoms with van der Waals surface area (Å²) in [7, 11) is 0. The summed E-state index contributed by atoms with van der Waals surface area (Å²) in [6.07, 6.45) is 0.614. The first kappa shape index (κ1) is 12.9. The lowest BCUT2D eigenvalue weighted by Gasteiger charge is -2.08. The van der Waals surface area contributed by atoms with E-state index >= 15 is 0 Å². The Kier molecular flexibility index (Phi) is 4.21. The van der Waals surface area contributed by atoms with Gasteiger partial charge in [0.25, 0.3) is 0 Å². The second-order valence-corrected chi connectivity index (χ2v) is 4.37. The van der Waals surface area contributed by atoms with E-state index in [9.17, 15) is 4.39 Å². The average molecular weight is 265 g/mol. The molecule has 0 aliphatic rings. The third-order valence-corrected chi connectivity index (χ3v) is 3.02. The first-order chi connectivity index (χ1) is 8.70. The van der Waals surface area contributed by atoms with E-state index in [1.807, 2.05) is 37.3 Å². The van der Waals surface area contributed by atoms with E-state index in [1.54, 1.807) is 6.07 Å². The fourth-order valence-corrected chi connectivity index (χ4v) is 1.99. The largest absolute Gasteiger partial charge is 0.491 e. The lowest BCUT2D eigenvalue weighted by atomic mass is 10.0. The van der Waals surface area contributed by atoms with Gasteiger partial charge in [-0.1, -0.05) is 35.9 Å². The molecule has 0 spiro atoms. The van der Waals surface area contributed by atoms with Gasteiger partial charge in [0.2, 0.25) is 0 Å². The summed E-state index contributed by atoms with van der Waals surface area (Å²) in [5, 5.41) is 0.701. The molecule has 1 nitrogen and oxygen atoms in total. The molecule has 0 radical (unpaired) electrons. The van der Waals surface area contributed by atoms with Crippen molar-refractivity contribution >= 4 is 11.6 Å². The van der Waals surface area contributed by atoms with E-state index in [1.165, 1.54) is 6.07 Å². The summed E-state index contributed by atoms with van der Waals surface area (Å²) in [4.78, 5) is 0. The minimum absolute atomic E-state index is 0.292. The van der Waals surface area contributed by atoms with E-state index in [0.29, 0.717) is 23.8 Å². The third kappa shape index (κ3) is 3.02. The third-order valence-electron chi connectivity index (χ3n) is 2.65. The molecular weight excluding hydrogens is 251 g/mol. The van der Waals surface area contributed by atoms with E-state index in [0.717, 1.165) is 11.1 Å². The molecule has 2 aromatic rings. The van der Waals surface area contributed by atoms with Crippen LogP contribution in [0.5, 0.6) is 5.75 Å². The highest BCUT2D eigenvalue weighted by molar-refractivity contribution is 6.31. The van der Waals surface area contributed by atoms with Crippen molar-refractivity contribution in [3.8, 4) is 5.75 Å². The van der Waals surface area contributed by atoms with E-state index in [2.05, 4.69) is 0 Å². The first-order valence-corrected chi connectivity index (χ1v) is 6.23. The molecule has 94 valence electrons. The number of rotatable bonds is 4. The van der Waals surface area contributed by atoms with Crippen molar-refractivity contribution in [1.82, 2.24) is 0 Å². The van der Waals surface area contributed by atoms with Crippen LogP contribution in [-0.4, -0.2) is 6.61 Å². The van der Waals surface area contributed by atoms with Gasteiger partial charge in [0, 0.05) is 5.02 Å². The lowest BCUT2D eigenvalue weighted by Crippen LogP contribution is -1.96. The van der Waals surface area contributed by atoms with Gasteiger partial charge in [-0.3, -0.25) is 0 Å². The van der Waals surface area contributed by atoms with Crippen molar-refractivity contribution in [3.05, 3.63) is 64.4 Å². The van der Waals surface area contributed by atoms with Gasteiger partial charge in [0.15, 0.2) is 11.6 Å². The fourth-order valence-electron chi connectivity index (χ4n) is 1.79. The Labute approximate surface area is 111 Å². The number of ether oxygens (including phenoxy) is 1. The Balaban J connectivity index is 2.20. The number of hydrogen-bond donors (Lipinski definition) is 0. The Bertz CT molecular complexity index is 540. The maximum absolute atomic E-state index is 13.7. The molecule has 0 N–H and O–H groups in total. The van der Waals surface area contributed by atoms with Crippen LogP contribution in [0.3, 0.4) is 0 Å². The standard InChI is InChI=1S/C15H14ClFO/c1-2-18-15-8-7-11(10-14(15)17)9-12-5-3-4-6-13(12)16/h3-8,10H,2,9H2,1H3. The van der Waals surface area contributed by atoms with Gasteiger partial charge in [0.05, 0.1) is 6.61 Å². The zero-order valence-corrected chi connectivity index (χ0v) is 10.9. The van der Waals surface area contributed by atoms with Crippen LogP contribution in [0.4, 0.5) is 4.39 Å². The van der Waals surface area contributed by atoms with Gasteiger partial charge in [0.1, 0.15) is 0 Å². The first-order valence-electron chi connectivity index (χ1n) is 5.85. The predicted molar refractivity (Wildman–Crippen MR) is 71.8 cm³/mol. The highest BCUT2D eigenvalue weighted by Gasteiger charge is 2.06. The molecule has 0 saturated carbocycles. The molecule has 0 saturated heterocycles. The van der Waals surface area contributed by atoms with E-state index in [-0.39, 0.29) is 5.82 Å². The van der Waals surface area contributed by atoms with E-state index in [4.69, 9.17) is 16.3 Å². The Hall–Kier alpha value is -1.54. The summed E-state index contributed by atoms with van der Waals surface area (Å²) in [6, 6.07) is 12.6. The average Bonchev–Trinajstić information content (AvgIpc) is 2.36. The van der Waals surface area contributed by atoms with Crippen molar-refractivity contribution < 1.29 is 9.13 Å². The molecule has 0 aliphatic carbocycles. The quantitative estimate of drug-likeness (QED) is 0.792. The molecule has 18 heavy (non-hydrogen) atoms. The minimum Gasteiger partial charge on any atom is -0.491 e. The van der Waals surface area contributed by atoms with Gasteiger partial charge in [-0.05, 0) is 42.7 Å². The van der Waals surface area contributed by atoms with Gasteiger partial charge >= 0.3 is 0 Å². The Morgan fingerprint density at radius 2 is 1.94 bits per heavy atom. The maximum atomic E-state index is 13.7. The molecule has 2 rings (SSSR count). The van der Waals surface area contributed by atoms with Gasteiger partial charge in [-0.25, -0.2) is 4.39 Å². The van der Waals surface area contributed by atoms with Crippen molar-refractivity contribution in [2.75, 3.05) is 6.61 Å². The number of hydrogen-bond acceptors (Lipinski definition) is 1. The second kappa shape index (κ2) is 5.87. The minimum atomic E-state index is -0.332. The highest BCUT2D eigenvalue weighted by Crippen LogP contribution is 2.23. The summed E-state index contributed by atoms with van der Waals surface area (Å²) < 4.78 is 18.8. The molecule has 0 amide bonds. The number of halogens is 2. The Morgan fingerprint density at radius 3 is 2.61 bits per heavy atom. The van der Waals surface area contributed by atoms with Crippen LogP contribution >= 0.6 is 11.6 Å². The SMILES string of the molecule is CCOc1ccc(Cc2ccccc2Cl)cc1F. The van der Waals surface area contributed by atoms with Crippen LogP contribution in [0.1, 0.15) is 18.1 Å². The van der Waals surface area contributed by atoms with Gasteiger partial charge < -0.3 is 4.74 Å². The molecule has 0 fully saturated rings. The van der Waals surface area contributed by atoms with Gasteiger partial charge in [-0.2, -0.15) is 0 Å². The fraction of sp³-hybridized carbons (Fsp3) is 0.200. The monoisotopic (exact) mass is 264 g/mol.